The maximum absolute atomic E-state index is 12.7. The number of hydrogen-bond acceptors (Lipinski definition) is 4. The smallest absolute Gasteiger partial charge is 0.410 e. The first kappa shape index (κ1) is 20.6. The molecule has 0 radical (unpaired) electrons. The first-order chi connectivity index (χ1) is 12.2. The SMILES string of the molecule is COc1ccc(COC2CCC(C(C)C)N(C(=O)OC(C)(C)C)C2)cc1. The van der Waals surface area contributed by atoms with E-state index in [1.807, 2.05) is 49.9 Å². The normalized spacial score (nSPS) is 21.0. The lowest BCUT2D eigenvalue weighted by Gasteiger charge is -2.41. The number of amides is 1. The molecular formula is C21H33NO4. The quantitative estimate of drug-likeness (QED) is 0.765. The second-order valence-corrected chi connectivity index (χ2v) is 8.30. The van der Waals surface area contributed by atoms with Gasteiger partial charge in [0.05, 0.1) is 26.4 Å². The predicted octanol–water partition coefficient (Wildman–Crippen LogP) is 4.64. The minimum absolute atomic E-state index is 0.0274. The summed E-state index contributed by atoms with van der Waals surface area (Å²) >= 11 is 0. The summed E-state index contributed by atoms with van der Waals surface area (Å²) in [7, 11) is 1.66. The van der Waals surface area contributed by atoms with Crippen molar-refractivity contribution in [3.8, 4) is 5.75 Å². The maximum Gasteiger partial charge on any atom is 0.410 e. The van der Waals surface area contributed by atoms with Crippen molar-refractivity contribution >= 4 is 6.09 Å². The molecule has 0 aliphatic carbocycles. The molecule has 0 N–H and O–H groups in total. The van der Waals surface area contributed by atoms with Crippen LogP contribution in [0.25, 0.3) is 0 Å². The summed E-state index contributed by atoms with van der Waals surface area (Å²) in [4.78, 5) is 14.5. The van der Waals surface area contributed by atoms with E-state index in [-0.39, 0.29) is 18.2 Å². The second kappa shape index (κ2) is 8.76. The van der Waals surface area contributed by atoms with Crippen LogP contribution in [0, 0.1) is 5.92 Å². The van der Waals surface area contributed by atoms with E-state index >= 15 is 0 Å². The van der Waals surface area contributed by atoms with Crippen molar-refractivity contribution in [2.24, 2.45) is 5.92 Å². The van der Waals surface area contributed by atoms with Gasteiger partial charge >= 0.3 is 6.09 Å². The summed E-state index contributed by atoms with van der Waals surface area (Å²) in [5.41, 5.74) is 0.607. The van der Waals surface area contributed by atoms with E-state index in [2.05, 4.69) is 13.8 Å². The molecule has 5 heteroatoms. The zero-order valence-corrected chi connectivity index (χ0v) is 17.0. The van der Waals surface area contributed by atoms with Gasteiger partial charge in [0, 0.05) is 6.04 Å². The van der Waals surface area contributed by atoms with Gasteiger partial charge in [-0.05, 0) is 57.2 Å². The Kier molecular flexibility index (Phi) is 6.93. The number of nitrogens with zero attached hydrogens (tertiary/aromatic N) is 1. The van der Waals surface area contributed by atoms with E-state index in [4.69, 9.17) is 14.2 Å². The third kappa shape index (κ3) is 5.90. The number of methoxy groups -OCH3 is 1. The van der Waals surface area contributed by atoms with Gasteiger partial charge in [-0.2, -0.15) is 0 Å². The first-order valence-corrected chi connectivity index (χ1v) is 9.43. The molecule has 1 aliphatic heterocycles. The summed E-state index contributed by atoms with van der Waals surface area (Å²) in [6.07, 6.45) is 1.68. The summed E-state index contributed by atoms with van der Waals surface area (Å²) in [5.74, 6) is 1.23. The number of benzene rings is 1. The van der Waals surface area contributed by atoms with Crippen LogP contribution in [0.3, 0.4) is 0 Å². The van der Waals surface area contributed by atoms with Gasteiger partial charge < -0.3 is 19.1 Å². The Morgan fingerprint density at radius 3 is 2.38 bits per heavy atom. The van der Waals surface area contributed by atoms with Gasteiger partial charge in [0.25, 0.3) is 0 Å². The van der Waals surface area contributed by atoms with Crippen LogP contribution < -0.4 is 4.74 Å². The van der Waals surface area contributed by atoms with Crippen LogP contribution in [0.15, 0.2) is 24.3 Å². The largest absolute Gasteiger partial charge is 0.497 e. The molecule has 0 saturated carbocycles. The topological polar surface area (TPSA) is 48.0 Å². The Bertz CT molecular complexity index is 577. The van der Waals surface area contributed by atoms with Crippen LogP contribution in [0.2, 0.25) is 0 Å². The Labute approximate surface area is 157 Å². The Morgan fingerprint density at radius 1 is 1.19 bits per heavy atom. The highest BCUT2D eigenvalue weighted by molar-refractivity contribution is 5.68. The van der Waals surface area contributed by atoms with Crippen molar-refractivity contribution in [1.82, 2.24) is 4.90 Å². The average molecular weight is 363 g/mol. The third-order valence-corrected chi connectivity index (χ3v) is 4.63. The molecule has 1 aromatic carbocycles. The van der Waals surface area contributed by atoms with Gasteiger partial charge in [-0.25, -0.2) is 4.79 Å². The highest BCUT2D eigenvalue weighted by atomic mass is 16.6. The molecule has 1 aromatic rings. The van der Waals surface area contributed by atoms with E-state index < -0.39 is 5.60 Å². The van der Waals surface area contributed by atoms with Crippen LogP contribution in [-0.2, 0) is 16.1 Å². The standard InChI is InChI=1S/C21H33NO4/c1-15(2)19-12-11-18(13-22(19)20(23)26-21(3,4)5)25-14-16-7-9-17(24-6)10-8-16/h7-10,15,18-19H,11-14H2,1-6H3. The van der Waals surface area contributed by atoms with E-state index in [0.717, 1.165) is 24.2 Å². The van der Waals surface area contributed by atoms with Gasteiger partial charge in [0.15, 0.2) is 0 Å². The molecule has 0 aromatic heterocycles. The molecule has 1 heterocycles. The Hall–Kier alpha value is -1.75. The molecule has 0 spiro atoms. The van der Waals surface area contributed by atoms with Crippen LogP contribution >= 0.6 is 0 Å². The van der Waals surface area contributed by atoms with E-state index in [0.29, 0.717) is 19.1 Å². The molecule has 1 saturated heterocycles. The molecular weight excluding hydrogens is 330 g/mol. The average Bonchev–Trinajstić information content (AvgIpc) is 2.58. The molecule has 2 rings (SSSR count). The van der Waals surface area contributed by atoms with Gasteiger partial charge in [-0.15, -0.1) is 0 Å². The van der Waals surface area contributed by atoms with Crippen LogP contribution in [0.1, 0.15) is 53.0 Å². The number of likely N-dealkylation sites (tertiary alicyclic amines) is 1. The fourth-order valence-electron chi connectivity index (χ4n) is 3.25. The predicted molar refractivity (Wildman–Crippen MR) is 102 cm³/mol. The van der Waals surface area contributed by atoms with Crippen LogP contribution in [0.4, 0.5) is 4.79 Å². The van der Waals surface area contributed by atoms with Crippen molar-refractivity contribution < 1.29 is 19.0 Å². The number of ether oxygens (including phenoxy) is 3. The lowest BCUT2D eigenvalue weighted by Crippen LogP contribution is -2.52. The first-order valence-electron chi connectivity index (χ1n) is 9.43. The molecule has 5 nitrogen and oxygen atoms in total. The van der Waals surface area contributed by atoms with Crippen molar-refractivity contribution in [1.29, 1.82) is 0 Å². The van der Waals surface area contributed by atoms with Gasteiger partial charge in [0.2, 0.25) is 0 Å². The molecule has 1 fully saturated rings. The molecule has 0 bridgehead atoms. The van der Waals surface area contributed by atoms with E-state index in [1.165, 1.54) is 0 Å². The van der Waals surface area contributed by atoms with Crippen LogP contribution in [-0.4, -0.2) is 42.4 Å². The summed E-state index contributed by atoms with van der Waals surface area (Å²) in [6, 6.07) is 8.07. The number of carbonyl (C=O) groups is 1. The lowest BCUT2D eigenvalue weighted by molar-refractivity contribution is -0.0485. The zero-order chi connectivity index (χ0) is 19.3. The van der Waals surface area contributed by atoms with Crippen molar-refractivity contribution in [3.63, 3.8) is 0 Å². The van der Waals surface area contributed by atoms with Crippen molar-refractivity contribution in [3.05, 3.63) is 29.8 Å². The van der Waals surface area contributed by atoms with Gasteiger partial charge in [0.1, 0.15) is 11.4 Å². The summed E-state index contributed by atoms with van der Waals surface area (Å²) in [6.45, 7) is 11.1. The highest BCUT2D eigenvalue weighted by Gasteiger charge is 2.36. The minimum Gasteiger partial charge on any atom is -0.497 e. The highest BCUT2D eigenvalue weighted by Crippen LogP contribution is 2.27. The number of rotatable bonds is 5. The molecule has 2 unspecified atom stereocenters. The zero-order valence-electron chi connectivity index (χ0n) is 17.0. The fraction of sp³-hybridized carbons (Fsp3) is 0.667. The molecule has 1 amide bonds. The molecule has 1 aliphatic rings. The summed E-state index contributed by atoms with van der Waals surface area (Å²) < 4.78 is 16.9. The monoisotopic (exact) mass is 363 g/mol. The minimum atomic E-state index is -0.491. The number of hydrogen-bond donors (Lipinski definition) is 0. The number of piperidine rings is 1. The fourth-order valence-corrected chi connectivity index (χ4v) is 3.25. The molecule has 26 heavy (non-hydrogen) atoms. The van der Waals surface area contributed by atoms with Gasteiger partial charge in [-0.3, -0.25) is 0 Å². The van der Waals surface area contributed by atoms with Crippen molar-refractivity contribution in [2.75, 3.05) is 13.7 Å². The van der Waals surface area contributed by atoms with Crippen molar-refractivity contribution in [2.45, 2.75) is 71.8 Å². The van der Waals surface area contributed by atoms with E-state index in [9.17, 15) is 4.79 Å². The van der Waals surface area contributed by atoms with Gasteiger partial charge in [-0.1, -0.05) is 26.0 Å². The Balaban J connectivity index is 1.97. The lowest BCUT2D eigenvalue weighted by atomic mass is 9.92. The second-order valence-electron chi connectivity index (χ2n) is 8.30. The Morgan fingerprint density at radius 2 is 1.85 bits per heavy atom. The maximum atomic E-state index is 12.7. The van der Waals surface area contributed by atoms with Crippen LogP contribution in [0.5, 0.6) is 5.75 Å². The summed E-state index contributed by atoms with van der Waals surface area (Å²) in [5, 5.41) is 0. The van der Waals surface area contributed by atoms with E-state index in [1.54, 1.807) is 7.11 Å². The molecule has 2 atom stereocenters. The molecule has 146 valence electrons. The number of carbonyl (C=O) groups excluding carboxylic acids is 1. The third-order valence-electron chi connectivity index (χ3n) is 4.63.